The molecule has 58 heavy (non-hydrogen) atoms. The second kappa shape index (κ2) is 48.3. The number of unbranched alkanes of at least 4 members (excludes halogenated alkanes) is 35. The van der Waals surface area contributed by atoms with Crippen LogP contribution in [0, 0.1) is 0 Å². The summed E-state index contributed by atoms with van der Waals surface area (Å²) in [6.45, 7) is 4.91. The molecule has 0 saturated carbocycles. The zero-order valence-electron chi connectivity index (χ0n) is 39.0. The van der Waals surface area contributed by atoms with E-state index in [1.165, 1.54) is 193 Å². The van der Waals surface area contributed by atoms with Crippen molar-refractivity contribution in [3.8, 4) is 0 Å². The molecular weight excluding hydrogens is 719 g/mol. The van der Waals surface area contributed by atoms with Gasteiger partial charge in [0.05, 0.1) is 25.4 Å². The van der Waals surface area contributed by atoms with Gasteiger partial charge in [-0.1, -0.05) is 231 Å². The third-order valence-electron chi connectivity index (χ3n) is 12.1. The van der Waals surface area contributed by atoms with E-state index in [1.807, 2.05) is 0 Å². The number of allylic oxidation sites excluding steroid dienone is 2. The van der Waals surface area contributed by atoms with Gasteiger partial charge in [-0.3, -0.25) is 9.59 Å². The van der Waals surface area contributed by atoms with Gasteiger partial charge >= 0.3 is 5.97 Å². The highest BCUT2D eigenvalue weighted by Crippen LogP contribution is 2.16. The molecule has 0 rings (SSSR count). The third-order valence-corrected chi connectivity index (χ3v) is 12.1. The number of carbonyl (C=O) groups is 2. The Hall–Kier alpha value is -1.40. The minimum absolute atomic E-state index is 0.0167. The van der Waals surface area contributed by atoms with Crippen LogP contribution in [0.1, 0.15) is 284 Å². The molecule has 2 unspecified atom stereocenters. The standard InChI is InChI=1S/C52H101NO5/c1-3-5-7-9-11-13-15-17-18-19-20-22-26-30-34-38-42-46-52(57)58-47-43-39-35-31-27-23-25-29-33-37-41-45-51(56)53-49(48-54)50(55)44-40-36-32-28-24-21-16-14-12-10-8-6-4-2/h17-18,49-50,54-55H,3-16,19-48H2,1-2H3,(H,53,56)/b18-17-. The molecule has 2 atom stereocenters. The van der Waals surface area contributed by atoms with Crippen molar-refractivity contribution < 1.29 is 24.5 Å². The summed E-state index contributed by atoms with van der Waals surface area (Å²) in [5.74, 6) is -0.0702. The van der Waals surface area contributed by atoms with Gasteiger partial charge < -0.3 is 20.3 Å². The van der Waals surface area contributed by atoms with Crippen LogP contribution in [0.4, 0.5) is 0 Å². The van der Waals surface area contributed by atoms with E-state index in [1.54, 1.807) is 0 Å². The van der Waals surface area contributed by atoms with Crippen molar-refractivity contribution in [1.82, 2.24) is 5.32 Å². The molecule has 0 bridgehead atoms. The van der Waals surface area contributed by atoms with Gasteiger partial charge in [0.15, 0.2) is 0 Å². The Labute approximate surface area is 361 Å². The molecule has 6 heteroatoms. The summed E-state index contributed by atoms with van der Waals surface area (Å²) in [4.78, 5) is 24.5. The lowest BCUT2D eigenvalue weighted by molar-refractivity contribution is -0.143. The van der Waals surface area contributed by atoms with Gasteiger partial charge in [-0.25, -0.2) is 0 Å². The van der Waals surface area contributed by atoms with Gasteiger partial charge in [-0.15, -0.1) is 0 Å². The highest BCUT2D eigenvalue weighted by atomic mass is 16.5. The molecule has 0 aliphatic heterocycles. The van der Waals surface area contributed by atoms with Crippen molar-refractivity contribution in [2.45, 2.75) is 296 Å². The Bertz CT molecular complexity index is 863. The number of ether oxygens (including phenoxy) is 1. The van der Waals surface area contributed by atoms with E-state index in [4.69, 9.17) is 4.74 Å². The Morgan fingerprint density at radius 3 is 1.22 bits per heavy atom. The van der Waals surface area contributed by atoms with Gasteiger partial charge in [0.25, 0.3) is 0 Å². The van der Waals surface area contributed by atoms with E-state index in [-0.39, 0.29) is 18.5 Å². The van der Waals surface area contributed by atoms with Gasteiger partial charge in [0, 0.05) is 12.8 Å². The summed E-state index contributed by atoms with van der Waals surface area (Å²) in [5, 5.41) is 23.2. The number of carbonyl (C=O) groups excluding carboxylic acids is 2. The molecule has 0 aromatic rings. The monoisotopic (exact) mass is 820 g/mol. The van der Waals surface area contributed by atoms with Crippen molar-refractivity contribution in [2.75, 3.05) is 13.2 Å². The molecule has 0 aromatic carbocycles. The second-order valence-electron chi connectivity index (χ2n) is 17.9. The van der Waals surface area contributed by atoms with Gasteiger partial charge in [-0.2, -0.15) is 0 Å². The van der Waals surface area contributed by atoms with Crippen LogP contribution in [-0.4, -0.2) is 47.4 Å². The smallest absolute Gasteiger partial charge is 0.305 e. The minimum atomic E-state index is -0.675. The van der Waals surface area contributed by atoms with Crippen LogP contribution in [0.2, 0.25) is 0 Å². The van der Waals surface area contributed by atoms with Crippen LogP contribution in [0.5, 0.6) is 0 Å². The zero-order chi connectivity index (χ0) is 42.3. The summed E-state index contributed by atoms with van der Waals surface area (Å²) in [7, 11) is 0. The fraction of sp³-hybridized carbons (Fsp3) is 0.923. The zero-order valence-corrected chi connectivity index (χ0v) is 39.0. The molecule has 0 aliphatic carbocycles. The van der Waals surface area contributed by atoms with Crippen LogP contribution in [0.3, 0.4) is 0 Å². The molecule has 0 spiro atoms. The Balaban J connectivity index is 3.45. The van der Waals surface area contributed by atoms with Crippen molar-refractivity contribution in [3.63, 3.8) is 0 Å². The molecule has 0 radical (unpaired) electrons. The summed E-state index contributed by atoms with van der Waals surface area (Å²) in [5.41, 5.74) is 0. The Morgan fingerprint density at radius 2 is 0.810 bits per heavy atom. The maximum Gasteiger partial charge on any atom is 0.305 e. The van der Waals surface area contributed by atoms with E-state index in [0.29, 0.717) is 25.9 Å². The average molecular weight is 820 g/mol. The largest absolute Gasteiger partial charge is 0.466 e. The summed E-state index contributed by atoms with van der Waals surface area (Å²) < 4.78 is 5.46. The molecule has 0 saturated heterocycles. The van der Waals surface area contributed by atoms with E-state index >= 15 is 0 Å². The third kappa shape index (κ3) is 44.2. The highest BCUT2D eigenvalue weighted by molar-refractivity contribution is 5.76. The fourth-order valence-electron chi connectivity index (χ4n) is 8.05. The maximum atomic E-state index is 12.4. The molecule has 344 valence electrons. The minimum Gasteiger partial charge on any atom is -0.466 e. The molecule has 6 nitrogen and oxygen atoms in total. The summed E-state index contributed by atoms with van der Waals surface area (Å²) in [6.07, 6.45) is 54.6. The van der Waals surface area contributed by atoms with Crippen molar-refractivity contribution in [1.29, 1.82) is 0 Å². The number of amides is 1. The molecule has 3 N–H and O–H groups in total. The summed E-state index contributed by atoms with van der Waals surface area (Å²) in [6, 6.07) is -0.554. The fourth-order valence-corrected chi connectivity index (χ4v) is 8.05. The Kier molecular flexibility index (Phi) is 47.1. The normalized spacial score (nSPS) is 12.7. The van der Waals surface area contributed by atoms with Crippen LogP contribution in [0.25, 0.3) is 0 Å². The number of rotatable bonds is 48. The molecule has 1 amide bonds. The van der Waals surface area contributed by atoms with E-state index < -0.39 is 12.1 Å². The first-order chi connectivity index (χ1) is 28.5. The topological polar surface area (TPSA) is 95.9 Å². The SMILES string of the molecule is CCCCCCCC/C=C\CCCCCCCCCC(=O)OCCCCCCCCCCCCCC(=O)NC(CO)C(O)CCCCCCCCCCCCCCC. The van der Waals surface area contributed by atoms with E-state index in [9.17, 15) is 19.8 Å². The van der Waals surface area contributed by atoms with Crippen LogP contribution >= 0.6 is 0 Å². The number of hydrogen-bond acceptors (Lipinski definition) is 5. The molecule has 0 aliphatic rings. The first-order valence-electron chi connectivity index (χ1n) is 25.9. The number of hydrogen-bond donors (Lipinski definition) is 3. The lowest BCUT2D eigenvalue weighted by Crippen LogP contribution is -2.45. The number of aliphatic hydroxyl groups excluding tert-OH is 2. The Morgan fingerprint density at radius 1 is 0.466 bits per heavy atom. The lowest BCUT2D eigenvalue weighted by Gasteiger charge is -2.22. The number of aliphatic hydroxyl groups is 2. The highest BCUT2D eigenvalue weighted by Gasteiger charge is 2.20. The van der Waals surface area contributed by atoms with Crippen molar-refractivity contribution >= 4 is 11.9 Å². The van der Waals surface area contributed by atoms with Crippen LogP contribution in [0.15, 0.2) is 12.2 Å². The molecular formula is C52H101NO5. The average Bonchev–Trinajstić information content (AvgIpc) is 3.22. The van der Waals surface area contributed by atoms with Gasteiger partial charge in [0.1, 0.15) is 0 Å². The molecule has 0 fully saturated rings. The van der Waals surface area contributed by atoms with E-state index in [0.717, 1.165) is 57.8 Å². The lowest BCUT2D eigenvalue weighted by atomic mass is 10.0. The first-order valence-corrected chi connectivity index (χ1v) is 25.9. The van der Waals surface area contributed by atoms with Gasteiger partial charge in [0.2, 0.25) is 5.91 Å². The number of nitrogens with one attached hydrogen (secondary N) is 1. The molecule has 0 aromatic heterocycles. The predicted octanol–water partition coefficient (Wildman–Crippen LogP) is 15.3. The quantitative estimate of drug-likeness (QED) is 0.0323. The number of esters is 1. The van der Waals surface area contributed by atoms with Gasteiger partial charge in [-0.05, 0) is 51.4 Å². The first kappa shape index (κ1) is 56.6. The maximum absolute atomic E-state index is 12.4. The van der Waals surface area contributed by atoms with Crippen molar-refractivity contribution in [3.05, 3.63) is 12.2 Å². The van der Waals surface area contributed by atoms with Crippen LogP contribution in [-0.2, 0) is 14.3 Å². The van der Waals surface area contributed by atoms with E-state index in [2.05, 4.69) is 31.3 Å². The van der Waals surface area contributed by atoms with Crippen LogP contribution < -0.4 is 5.32 Å². The predicted molar refractivity (Wildman–Crippen MR) is 250 cm³/mol. The summed E-state index contributed by atoms with van der Waals surface area (Å²) >= 11 is 0. The molecule has 0 heterocycles. The van der Waals surface area contributed by atoms with Crippen molar-refractivity contribution in [2.24, 2.45) is 0 Å². The second-order valence-corrected chi connectivity index (χ2v) is 17.9.